The van der Waals surface area contributed by atoms with E-state index in [0.717, 1.165) is 44.9 Å². The normalized spacial score (nSPS) is 12.7. The van der Waals surface area contributed by atoms with Gasteiger partial charge in [0.15, 0.2) is 0 Å². The van der Waals surface area contributed by atoms with Crippen LogP contribution in [-0.2, 0) is 14.3 Å². The van der Waals surface area contributed by atoms with Gasteiger partial charge in [0, 0.05) is 12.8 Å². The average molecular weight is 987 g/mol. The lowest BCUT2D eigenvalue weighted by molar-refractivity contribution is -0.143. The molecule has 2 unspecified atom stereocenters. The molecule has 0 aromatic carbocycles. The second-order valence-electron chi connectivity index (χ2n) is 21.7. The van der Waals surface area contributed by atoms with Crippen LogP contribution in [0.1, 0.15) is 348 Å². The Morgan fingerprint density at radius 1 is 0.386 bits per heavy atom. The molecule has 0 aromatic heterocycles. The monoisotopic (exact) mass is 986 g/mol. The van der Waals surface area contributed by atoms with E-state index in [0.29, 0.717) is 19.4 Å². The summed E-state index contributed by atoms with van der Waals surface area (Å²) in [5.41, 5.74) is 0. The molecule has 0 heterocycles. The molecule has 0 radical (unpaired) electrons. The molecule has 0 aliphatic rings. The van der Waals surface area contributed by atoms with Gasteiger partial charge in [0.05, 0.1) is 25.4 Å². The minimum Gasteiger partial charge on any atom is -0.466 e. The van der Waals surface area contributed by atoms with Crippen molar-refractivity contribution in [1.29, 1.82) is 0 Å². The van der Waals surface area contributed by atoms with Gasteiger partial charge in [-0.1, -0.05) is 308 Å². The van der Waals surface area contributed by atoms with Gasteiger partial charge in [-0.3, -0.25) is 9.59 Å². The van der Waals surface area contributed by atoms with Gasteiger partial charge in [-0.15, -0.1) is 0 Å². The number of hydrogen-bond donors (Lipinski definition) is 3. The lowest BCUT2D eigenvalue weighted by atomic mass is 10.0. The predicted molar refractivity (Wildman–Crippen MR) is 306 cm³/mol. The van der Waals surface area contributed by atoms with Crippen LogP contribution in [0.15, 0.2) is 24.3 Å². The van der Waals surface area contributed by atoms with Crippen LogP contribution >= 0.6 is 0 Å². The van der Waals surface area contributed by atoms with Gasteiger partial charge in [0.1, 0.15) is 0 Å². The van der Waals surface area contributed by atoms with E-state index in [1.807, 2.05) is 6.08 Å². The zero-order valence-corrected chi connectivity index (χ0v) is 47.3. The highest BCUT2D eigenvalue weighted by atomic mass is 16.5. The van der Waals surface area contributed by atoms with Crippen molar-refractivity contribution in [2.24, 2.45) is 0 Å². The maximum absolute atomic E-state index is 12.5. The number of aliphatic hydroxyl groups excluding tert-OH is 2. The molecule has 0 bridgehead atoms. The number of allylic oxidation sites excluding steroid dienone is 3. The summed E-state index contributed by atoms with van der Waals surface area (Å²) in [7, 11) is 0. The fraction of sp³-hybridized carbons (Fsp3) is 0.906. The third kappa shape index (κ3) is 55.7. The Bertz CT molecular complexity index is 1090. The van der Waals surface area contributed by atoms with E-state index >= 15 is 0 Å². The van der Waals surface area contributed by atoms with Crippen molar-refractivity contribution >= 4 is 11.9 Å². The minimum atomic E-state index is -0.843. The fourth-order valence-corrected chi connectivity index (χ4v) is 9.85. The standard InChI is InChI=1S/C64H123NO5/c1-3-5-7-9-11-13-15-16-17-27-30-33-37-40-44-48-52-56-62(67)61(60-66)65-63(68)57-53-49-45-41-38-34-31-28-25-23-21-19-18-20-22-24-26-29-32-35-39-43-47-51-55-59-70-64(69)58-54-50-46-42-36-14-12-10-8-6-4-2/h10,12,52,56,61-62,66-67H,3-9,11,13-51,53-55,57-60H2,1-2H3,(H,65,68)/b12-10-,56-52+. The van der Waals surface area contributed by atoms with Crippen molar-refractivity contribution in [3.05, 3.63) is 24.3 Å². The van der Waals surface area contributed by atoms with Crippen molar-refractivity contribution in [3.63, 3.8) is 0 Å². The Morgan fingerprint density at radius 3 is 1.06 bits per heavy atom. The van der Waals surface area contributed by atoms with Crippen molar-refractivity contribution in [3.8, 4) is 0 Å². The third-order valence-corrected chi connectivity index (χ3v) is 14.7. The van der Waals surface area contributed by atoms with E-state index < -0.39 is 12.1 Å². The largest absolute Gasteiger partial charge is 0.466 e. The number of ether oxygens (including phenoxy) is 1. The first-order valence-corrected chi connectivity index (χ1v) is 31.6. The van der Waals surface area contributed by atoms with Crippen molar-refractivity contribution in [2.45, 2.75) is 360 Å². The number of aliphatic hydroxyl groups is 2. The zero-order valence-electron chi connectivity index (χ0n) is 47.3. The Morgan fingerprint density at radius 2 is 0.686 bits per heavy atom. The molecule has 0 fully saturated rings. The van der Waals surface area contributed by atoms with Crippen LogP contribution in [-0.4, -0.2) is 47.4 Å². The number of rotatable bonds is 59. The second kappa shape index (κ2) is 59.9. The summed E-state index contributed by atoms with van der Waals surface area (Å²) >= 11 is 0. The molecule has 414 valence electrons. The number of carbonyl (C=O) groups excluding carboxylic acids is 2. The first-order valence-electron chi connectivity index (χ1n) is 31.6. The number of unbranched alkanes of at least 4 members (excludes halogenated alkanes) is 46. The van der Waals surface area contributed by atoms with Crippen molar-refractivity contribution in [1.82, 2.24) is 5.32 Å². The molecule has 70 heavy (non-hydrogen) atoms. The lowest BCUT2D eigenvalue weighted by Gasteiger charge is -2.20. The van der Waals surface area contributed by atoms with Gasteiger partial charge in [-0.2, -0.15) is 0 Å². The number of amides is 1. The molecule has 0 rings (SSSR count). The van der Waals surface area contributed by atoms with Gasteiger partial charge in [0.25, 0.3) is 0 Å². The molecule has 3 N–H and O–H groups in total. The molecule has 2 atom stereocenters. The van der Waals surface area contributed by atoms with Crippen LogP contribution in [0.2, 0.25) is 0 Å². The van der Waals surface area contributed by atoms with Crippen LogP contribution < -0.4 is 5.32 Å². The Hall–Kier alpha value is -1.66. The van der Waals surface area contributed by atoms with E-state index in [4.69, 9.17) is 4.74 Å². The first-order chi connectivity index (χ1) is 34.5. The molecule has 0 aromatic rings. The fourth-order valence-electron chi connectivity index (χ4n) is 9.85. The topological polar surface area (TPSA) is 95.9 Å². The zero-order chi connectivity index (χ0) is 50.7. The predicted octanol–water partition coefficient (Wildman–Crippen LogP) is 19.8. The Kier molecular flexibility index (Phi) is 58.5. The van der Waals surface area contributed by atoms with Crippen LogP contribution in [0.25, 0.3) is 0 Å². The summed E-state index contributed by atoms with van der Waals surface area (Å²) < 4.78 is 5.46. The number of esters is 1. The van der Waals surface area contributed by atoms with Crippen LogP contribution in [0.4, 0.5) is 0 Å². The lowest BCUT2D eigenvalue weighted by Crippen LogP contribution is -2.45. The summed E-state index contributed by atoms with van der Waals surface area (Å²) in [6.07, 6.45) is 73.7. The SMILES string of the molecule is CCCC/C=C\CCCCCCCC(=O)OCCCCCCCCCCCCCCCCCCCCCCCCCCCC(=O)NC(CO)C(O)/C=C/CCCCCCCCCCCCCCCCC. The summed E-state index contributed by atoms with van der Waals surface area (Å²) in [6, 6.07) is -0.626. The average Bonchev–Trinajstić information content (AvgIpc) is 3.36. The smallest absolute Gasteiger partial charge is 0.305 e. The maximum Gasteiger partial charge on any atom is 0.305 e. The van der Waals surface area contributed by atoms with Crippen LogP contribution in [0.5, 0.6) is 0 Å². The molecular weight excluding hydrogens is 863 g/mol. The third-order valence-electron chi connectivity index (χ3n) is 14.7. The number of hydrogen-bond acceptors (Lipinski definition) is 5. The minimum absolute atomic E-state index is 0.00509. The van der Waals surface area contributed by atoms with Gasteiger partial charge in [-0.25, -0.2) is 0 Å². The molecule has 1 amide bonds. The Labute approximate surface area is 437 Å². The van der Waals surface area contributed by atoms with Gasteiger partial charge in [0.2, 0.25) is 5.91 Å². The summed E-state index contributed by atoms with van der Waals surface area (Å²) in [6.45, 7) is 4.89. The maximum atomic E-state index is 12.5. The molecule has 0 spiro atoms. The van der Waals surface area contributed by atoms with Crippen LogP contribution in [0.3, 0.4) is 0 Å². The van der Waals surface area contributed by atoms with E-state index in [2.05, 4.69) is 31.3 Å². The van der Waals surface area contributed by atoms with Crippen LogP contribution in [0, 0.1) is 0 Å². The molecule has 6 heteroatoms. The molecular formula is C64H123NO5. The summed E-state index contributed by atoms with van der Waals surface area (Å²) in [4.78, 5) is 24.5. The van der Waals surface area contributed by atoms with Gasteiger partial charge in [-0.05, 0) is 51.4 Å². The van der Waals surface area contributed by atoms with Crippen molar-refractivity contribution < 1.29 is 24.5 Å². The molecule has 0 aliphatic heterocycles. The highest BCUT2D eigenvalue weighted by molar-refractivity contribution is 5.76. The van der Waals surface area contributed by atoms with E-state index in [9.17, 15) is 19.8 Å². The quantitative estimate of drug-likeness (QED) is 0.0321. The first kappa shape index (κ1) is 68.3. The van der Waals surface area contributed by atoms with E-state index in [1.54, 1.807) is 6.08 Å². The van der Waals surface area contributed by atoms with E-state index in [1.165, 1.54) is 276 Å². The highest BCUT2D eigenvalue weighted by Crippen LogP contribution is 2.18. The molecule has 0 saturated carbocycles. The highest BCUT2D eigenvalue weighted by Gasteiger charge is 2.18. The van der Waals surface area contributed by atoms with Crippen molar-refractivity contribution in [2.75, 3.05) is 13.2 Å². The van der Waals surface area contributed by atoms with Gasteiger partial charge >= 0.3 is 5.97 Å². The molecule has 0 aliphatic carbocycles. The molecule has 0 saturated heterocycles. The number of carbonyl (C=O) groups is 2. The summed E-state index contributed by atoms with van der Waals surface area (Å²) in [5.74, 6) is -0.0587. The Balaban J connectivity index is 3.39. The second-order valence-corrected chi connectivity index (χ2v) is 21.7. The summed E-state index contributed by atoms with van der Waals surface area (Å²) in [5, 5.41) is 23.2. The van der Waals surface area contributed by atoms with E-state index in [-0.39, 0.29) is 18.5 Å². The molecule has 6 nitrogen and oxygen atoms in total. The number of nitrogens with one attached hydrogen (secondary N) is 1. The van der Waals surface area contributed by atoms with Gasteiger partial charge < -0.3 is 20.3 Å².